The lowest BCUT2D eigenvalue weighted by molar-refractivity contribution is 0.152. The number of piperazine rings is 1. The molecule has 0 aliphatic carbocycles. The van der Waals surface area contributed by atoms with Gasteiger partial charge in [0.25, 0.3) is 0 Å². The third kappa shape index (κ3) is 7.22. The van der Waals surface area contributed by atoms with E-state index in [1.807, 2.05) is 61.6 Å². The van der Waals surface area contributed by atoms with E-state index >= 15 is 0 Å². The van der Waals surface area contributed by atoms with Crippen LogP contribution in [0.2, 0.25) is 0 Å². The average Bonchev–Trinajstić information content (AvgIpc) is 2.76. The fraction of sp³-hybridized carbons (Fsp3) is 0.364. The topological polar surface area (TPSA) is 63.9 Å². The Balaban J connectivity index is 0.00000300. The zero-order valence-corrected chi connectivity index (χ0v) is 19.1. The summed E-state index contributed by atoms with van der Waals surface area (Å²) >= 11 is 0. The minimum Gasteiger partial charge on any atom is -0.492 e. The van der Waals surface area contributed by atoms with E-state index in [1.165, 1.54) is 0 Å². The van der Waals surface area contributed by atoms with Gasteiger partial charge in [0.1, 0.15) is 12.4 Å². The van der Waals surface area contributed by atoms with E-state index in [2.05, 4.69) is 26.2 Å². The van der Waals surface area contributed by atoms with Gasteiger partial charge in [0.15, 0.2) is 5.96 Å². The minimum absolute atomic E-state index is 0. The maximum absolute atomic E-state index is 8.89. The van der Waals surface area contributed by atoms with Crippen LogP contribution in [0, 0.1) is 11.3 Å². The van der Waals surface area contributed by atoms with Crippen molar-refractivity contribution >= 4 is 29.9 Å². The van der Waals surface area contributed by atoms with Gasteiger partial charge < -0.3 is 15.0 Å². The molecule has 0 atom stereocenters. The number of benzene rings is 2. The smallest absolute Gasteiger partial charge is 0.194 e. The molecule has 1 N–H and O–H groups in total. The van der Waals surface area contributed by atoms with Crippen LogP contribution < -0.4 is 10.1 Å². The van der Waals surface area contributed by atoms with Crippen molar-refractivity contribution in [2.24, 2.45) is 4.99 Å². The molecule has 1 fully saturated rings. The summed E-state index contributed by atoms with van der Waals surface area (Å²) in [5.41, 5.74) is 1.82. The van der Waals surface area contributed by atoms with Crippen molar-refractivity contribution in [2.75, 3.05) is 46.4 Å². The summed E-state index contributed by atoms with van der Waals surface area (Å²) in [6.45, 7) is 6.21. The lowest BCUT2D eigenvalue weighted by Crippen LogP contribution is -2.52. The number of ether oxygens (including phenoxy) is 1. The number of halogens is 1. The van der Waals surface area contributed by atoms with Crippen molar-refractivity contribution in [1.82, 2.24) is 15.1 Å². The van der Waals surface area contributed by atoms with Gasteiger partial charge in [-0.2, -0.15) is 5.26 Å². The Kier molecular flexibility index (Phi) is 9.74. The van der Waals surface area contributed by atoms with Gasteiger partial charge in [-0.1, -0.05) is 30.3 Å². The molecule has 2 aromatic rings. The molecule has 1 aliphatic heterocycles. The Morgan fingerprint density at radius 1 is 1.07 bits per heavy atom. The monoisotopic (exact) mass is 505 g/mol. The van der Waals surface area contributed by atoms with E-state index in [4.69, 9.17) is 10.00 Å². The van der Waals surface area contributed by atoms with E-state index in [1.54, 1.807) is 0 Å². The second kappa shape index (κ2) is 12.3. The normalized spacial score (nSPS) is 14.6. The van der Waals surface area contributed by atoms with Gasteiger partial charge in [-0.15, -0.1) is 24.0 Å². The number of rotatable bonds is 6. The van der Waals surface area contributed by atoms with E-state index in [0.29, 0.717) is 18.7 Å². The van der Waals surface area contributed by atoms with Crippen LogP contribution in [0.1, 0.15) is 11.1 Å². The first-order valence-electron chi connectivity index (χ1n) is 9.63. The van der Waals surface area contributed by atoms with Crippen LogP contribution in [0.4, 0.5) is 0 Å². The average molecular weight is 505 g/mol. The molecule has 0 spiro atoms. The number of para-hydroxylation sites is 1. The van der Waals surface area contributed by atoms with Crippen LogP contribution in [-0.4, -0.2) is 62.1 Å². The molecule has 29 heavy (non-hydrogen) atoms. The minimum atomic E-state index is 0. The molecule has 0 bridgehead atoms. The first kappa shape index (κ1) is 23.0. The molecule has 0 amide bonds. The fourth-order valence-electron chi connectivity index (χ4n) is 3.20. The second-order valence-corrected chi connectivity index (χ2v) is 6.70. The third-order valence-electron chi connectivity index (χ3n) is 4.84. The Hall–Kier alpha value is -2.31. The van der Waals surface area contributed by atoms with E-state index in [9.17, 15) is 0 Å². The number of aliphatic imine (C=N–C) groups is 1. The van der Waals surface area contributed by atoms with E-state index < -0.39 is 0 Å². The van der Waals surface area contributed by atoms with Crippen molar-refractivity contribution in [3.8, 4) is 11.8 Å². The molecule has 0 unspecified atom stereocenters. The van der Waals surface area contributed by atoms with Crippen molar-refractivity contribution in [3.63, 3.8) is 0 Å². The quantitative estimate of drug-likeness (QED) is 0.372. The highest BCUT2D eigenvalue weighted by molar-refractivity contribution is 14.0. The first-order valence-corrected chi connectivity index (χ1v) is 9.63. The molecular formula is C22H28IN5O. The van der Waals surface area contributed by atoms with Crippen molar-refractivity contribution in [3.05, 3.63) is 65.7 Å². The molecular weight excluding hydrogens is 477 g/mol. The van der Waals surface area contributed by atoms with Gasteiger partial charge in [-0.3, -0.25) is 9.89 Å². The summed E-state index contributed by atoms with van der Waals surface area (Å²) in [7, 11) is 1.82. The molecule has 0 aromatic heterocycles. The summed E-state index contributed by atoms with van der Waals surface area (Å²) in [4.78, 5) is 9.14. The van der Waals surface area contributed by atoms with Gasteiger partial charge in [-0.05, 0) is 29.8 Å². The first-order chi connectivity index (χ1) is 13.8. The van der Waals surface area contributed by atoms with Crippen LogP contribution >= 0.6 is 24.0 Å². The van der Waals surface area contributed by atoms with Gasteiger partial charge in [0, 0.05) is 46.3 Å². The molecule has 1 heterocycles. The number of guanidine groups is 1. The van der Waals surface area contributed by atoms with Crippen molar-refractivity contribution in [1.29, 1.82) is 5.26 Å². The van der Waals surface area contributed by atoms with Crippen LogP contribution in [0.3, 0.4) is 0 Å². The number of hydrogen-bond acceptors (Lipinski definition) is 4. The number of nitrogens with zero attached hydrogens (tertiary/aromatic N) is 4. The summed E-state index contributed by atoms with van der Waals surface area (Å²) < 4.78 is 5.80. The summed E-state index contributed by atoms with van der Waals surface area (Å²) in [5, 5.41) is 12.3. The summed E-state index contributed by atoms with van der Waals surface area (Å²) in [6.07, 6.45) is 0. The van der Waals surface area contributed by atoms with E-state index in [0.717, 1.165) is 50.0 Å². The molecule has 0 saturated carbocycles. The highest BCUT2D eigenvalue weighted by Gasteiger charge is 2.19. The van der Waals surface area contributed by atoms with E-state index in [-0.39, 0.29) is 24.0 Å². The Bertz CT molecular complexity index is 796. The van der Waals surface area contributed by atoms with Gasteiger partial charge >= 0.3 is 0 Å². The molecule has 7 heteroatoms. The predicted molar refractivity (Wildman–Crippen MR) is 127 cm³/mol. The van der Waals surface area contributed by atoms with Crippen LogP contribution in [-0.2, 0) is 6.54 Å². The Morgan fingerprint density at radius 2 is 1.76 bits per heavy atom. The molecule has 1 saturated heterocycles. The largest absolute Gasteiger partial charge is 0.492 e. The lowest BCUT2D eigenvalue weighted by atomic mass is 10.1. The Morgan fingerprint density at radius 3 is 2.38 bits per heavy atom. The van der Waals surface area contributed by atoms with Crippen LogP contribution in [0.5, 0.6) is 5.75 Å². The number of nitriles is 1. The zero-order valence-electron chi connectivity index (χ0n) is 16.8. The Labute approximate surface area is 190 Å². The van der Waals surface area contributed by atoms with Gasteiger partial charge in [0.05, 0.1) is 11.6 Å². The maximum Gasteiger partial charge on any atom is 0.194 e. The lowest BCUT2D eigenvalue weighted by Gasteiger charge is -2.36. The molecule has 1 aliphatic rings. The highest BCUT2D eigenvalue weighted by Crippen LogP contribution is 2.09. The summed E-state index contributed by atoms with van der Waals surface area (Å²) in [5.74, 6) is 1.85. The zero-order chi connectivity index (χ0) is 19.6. The van der Waals surface area contributed by atoms with Crippen LogP contribution in [0.25, 0.3) is 0 Å². The molecule has 6 nitrogen and oxygen atoms in total. The third-order valence-corrected chi connectivity index (χ3v) is 4.84. The van der Waals surface area contributed by atoms with Gasteiger partial charge in [0.2, 0.25) is 0 Å². The molecule has 3 rings (SSSR count). The second-order valence-electron chi connectivity index (χ2n) is 6.70. The number of nitrogens with one attached hydrogen (secondary N) is 1. The van der Waals surface area contributed by atoms with Crippen molar-refractivity contribution in [2.45, 2.75) is 6.54 Å². The molecule has 2 aromatic carbocycles. The summed E-state index contributed by atoms with van der Waals surface area (Å²) in [6, 6.07) is 19.7. The fourth-order valence-corrected chi connectivity index (χ4v) is 3.20. The molecule has 154 valence electrons. The molecule has 0 radical (unpaired) electrons. The number of hydrogen-bond donors (Lipinski definition) is 1. The van der Waals surface area contributed by atoms with Crippen LogP contribution in [0.15, 0.2) is 59.6 Å². The predicted octanol–water partition coefficient (Wildman–Crippen LogP) is 2.95. The highest BCUT2D eigenvalue weighted by atomic mass is 127. The SMILES string of the molecule is CN=C(NCc1ccc(C#N)cc1)N1CCN(CCOc2ccccc2)CC1.I. The van der Waals surface area contributed by atoms with Gasteiger partial charge in [-0.25, -0.2) is 0 Å². The van der Waals surface area contributed by atoms with Crippen molar-refractivity contribution < 1.29 is 4.74 Å². The maximum atomic E-state index is 8.89. The standard InChI is InChI=1S/C22H27N5O.HI/c1-24-22(25-18-20-9-7-19(17-23)8-10-20)27-13-11-26(12-14-27)15-16-28-21-5-3-2-4-6-21;/h2-10H,11-16,18H2,1H3,(H,24,25);1H.